The Labute approximate surface area is 101 Å². The zero-order valence-corrected chi connectivity index (χ0v) is 10.1. The zero-order chi connectivity index (χ0) is 12.3. The maximum absolute atomic E-state index is 11.5. The first-order valence-corrected chi connectivity index (χ1v) is 5.81. The standard InChI is InChI=1S/C13H18N2O2/c1-17-7-6-15-9-11-5-3-2-4-10(11)8-12(15)13(14)16/h2-5,12H,6-9H2,1H3,(H2,14,16). The topological polar surface area (TPSA) is 55.6 Å². The third kappa shape index (κ3) is 2.65. The lowest BCUT2D eigenvalue weighted by atomic mass is 9.93. The van der Waals surface area contributed by atoms with E-state index in [1.807, 2.05) is 12.1 Å². The van der Waals surface area contributed by atoms with E-state index >= 15 is 0 Å². The van der Waals surface area contributed by atoms with Crippen molar-refractivity contribution in [2.24, 2.45) is 5.73 Å². The highest BCUT2D eigenvalue weighted by Gasteiger charge is 2.29. The van der Waals surface area contributed by atoms with Crippen LogP contribution in [0.4, 0.5) is 0 Å². The molecule has 0 bridgehead atoms. The molecular weight excluding hydrogens is 216 g/mol. The number of methoxy groups -OCH3 is 1. The average molecular weight is 234 g/mol. The van der Waals surface area contributed by atoms with Gasteiger partial charge in [-0.25, -0.2) is 0 Å². The van der Waals surface area contributed by atoms with Crippen LogP contribution in [-0.4, -0.2) is 37.1 Å². The largest absolute Gasteiger partial charge is 0.383 e. The maximum Gasteiger partial charge on any atom is 0.235 e. The molecule has 1 aliphatic heterocycles. The van der Waals surface area contributed by atoms with Crippen molar-refractivity contribution in [3.8, 4) is 0 Å². The molecular formula is C13H18N2O2. The lowest BCUT2D eigenvalue weighted by Gasteiger charge is -2.34. The van der Waals surface area contributed by atoms with E-state index in [4.69, 9.17) is 10.5 Å². The number of carbonyl (C=O) groups is 1. The minimum atomic E-state index is -0.254. The van der Waals surface area contributed by atoms with Crippen molar-refractivity contribution in [3.63, 3.8) is 0 Å². The van der Waals surface area contributed by atoms with Gasteiger partial charge in [0.15, 0.2) is 0 Å². The van der Waals surface area contributed by atoms with E-state index in [1.54, 1.807) is 7.11 Å². The lowest BCUT2D eigenvalue weighted by molar-refractivity contribution is -0.124. The average Bonchev–Trinajstić information content (AvgIpc) is 2.35. The summed E-state index contributed by atoms with van der Waals surface area (Å²) in [5.41, 5.74) is 7.97. The Bertz CT molecular complexity index is 406. The summed E-state index contributed by atoms with van der Waals surface area (Å²) in [6, 6.07) is 7.99. The van der Waals surface area contributed by atoms with Crippen molar-refractivity contribution in [1.82, 2.24) is 4.90 Å². The van der Waals surface area contributed by atoms with Crippen LogP contribution in [0.1, 0.15) is 11.1 Å². The molecule has 17 heavy (non-hydrogen) atoms. The van der Waals surface area contributed by atoms with Crippen LogP contribution in [-0.2, 0) is 22.5 Å². The predicted octanol–water partition coefficient (Wildman–Crippen LogP) is 0.545. The summed E-state index contributed by atoms with van der Waals surface area (Å²) < 4.78 is 5.07. The molecule has 4 heteroatoms. The van der Waals surface area contributed by atoms with Gasteiger partial charge < -0.3 is 10.5 Å². The molecule has 1 atom stereocenters. The fourth-order valence-corrected chi connectivity index (χ4v) is 2.30. The summed E-state index contributed by atoms with van der Waals surface area (Å²) in [5.74, 6) is -0.254. The van der Waals surface area contributed by atoms with Gasteiger partial charge in [0.25, 0.3) is 0 Å². The van der Waals surface area contributed by atoms with Gasteiger partial charge in [-0.3, -0.25) is 9.69 Å². The molecule has 92 valence electrons. The molecule has 1 aromatic rings. The fourth-order valence-electron chi connectivity index (χ4n) is 2.30. The summed E-state index contributed by atoms with van der Waals surface area (Å²) in [4.78, 5) is 13.6. The van der Waals surface area contributed by atoms with E-state index in [0.717, 1.165) is 13.1 Å². The van der Waals surface area contributed by atoms with E-state index in [9.17, 15) is 4.79 Å². The Morgan fingerprint density at radius 2 is 2.18 bits per heavy atom. The number of nitrogens with two attached hydrogens (primary N) is 1. The van der Waals surface area contributed by atoms with Gasteiger partial charge in [-0.2, -0.15) is 0 Å². The molecule has 1 heterocycles. The summed E-state index contributed by atoms with van der Waals surface area (Å²) in [6.07, 6.45) is 0.704. The number of primary amides is 1. The number of nitrogens with zero attached hydrogens (tertiary/aromatic N) is 1. The van der Waals surface area contributed by atoms with Crippen molar-refractivity contribution < 1.29 is 9.53 Å². The van der Waals surface area contributed by atoms with E-state index in [0.29, 0.717) is 13.0 Å². The van der Waals surface area contributed by atoms with Gasteiger partial charge in [0.05, 0.1) is 12.6 Å². The molecule has 1 aliphatic rings. The second-order valence-corrected chi connectivity index (χ2v) is 4.35. The van der Waals surface area contributed by atoms with Gasteiger partial charge in [-0.15, -0.1) is 0 Å². The molecule has 4 nitrogen and oxygen atoms in total. The van der Waals surface area contributed by atoms with Gasteiger partial charge in [0, 0.05) is 20.2 Å². The molecule has 0 fully saturated rings. The van der Waals surface area contributed by atoms with Crippen molar-refractivity contribution in [2.75, 3.05) is 20.3 Å². The predicted molar refractivity (Wildman–Crippen MR) is 65.4 cm³/mol. The van der Waals surface area contributed by atoms with Crippen molar-refractivity contribution in [2.45, 2.75) is 19.0 Å². The first-order chi connectivity index (χ1) is 8.22. The molecule has 2 N–H and O–H groups in total. The Hall–Kier alpha value is -1.39. The molecule has 0 radical (unpaired) electrons. The van der Waals surface area contributed by atoms with Gasteiger partial charge in [-0.05, 0) is 17.5 Å². The number of amides is 1. The van der Waals surface area contributed by atoms with Gasteiger partial charge >= 0.3 is 0 Å². The second-order valence-electron chi connectivity index (χ2n) is 4.35. The highest BCUT2D eigenvalue weighted by molar-refractivity contribution is 5.80. The fraction of sp³-hybridized carbons (Fsp3) is 0.462. The number of carbonyl (C=O) groups excluding carboxylic acids is 1. The first kappa shape index (κ1) is 12.1. The summed E-state index contributed by atoms with van der Waals surface area (Å²) in [5, 5.41) is 0. The molecule has 0 aliphatic carbocycles. The van der Waals surface area contributed by atoms with Crippen LogP contribution in [0.15, 0.2) is 24.3 Å². The quantitative estimate of drug-likeness (QED) is 0.827. The number of rotatable bonds is 4. The van der Waals surface area contributed by atoms with Crippen LogP contribution in [0.3, 0.4) is 0 Å². The Balaban J connectivity index is 2.18. The molecule has 0 spiro atoms. The summed E-state index contributed by atoms with van der Waals surface area (Å²) in [7, 11) is 1.66. The smallest absolute Gasteiger partial charge is 0.235 e. The summed E-state index contributed by atoms with van der Waals surface area (Å²) >= 11 is 0. The molecule has 0 saturated carbocycles. The van der Waals surface area contributed by atoms with E-state index in [2.05, 4.69) is 17.0 Å². The zero-order valence-electron chi connectivity index (χ0n) is 10.1. The van der Waals surface area contributed by atoms with E-state index in [-0.39, 0.29) is 11.9 Å². The highest BCUT2D eigenvalue weighted by atomic mass is 16.5. The lowest BCUT2D eigenvalue weighted by Crippen LogP contribution is -2.49. The van der Waals surface area contributed by atoms with Crippen LogP contribution < -0.4 is 5.73 Å². The molecule has 0 saturated heterocycles. The third-order valence-corrected chi connectivity index (χ3v) is 3.26. The van der Waals surface area contributed by atoms with E-state index < -0.39 is 0 Å². The van der Waals surface area contributed by atoms with Gasteiger partial charge in [0.2, 0.25) is 5.91 Å². The second kappa shape index (κ2) is 5.29. The van der Waals surface area contributed by atoms with Gasteiger partial charge in [-0.1, -0.05) is 24.3 Å². The Morgan fingerprint density at radius 3 is 2.82 bits per heavy atom. The monoisotopic (exact) mass is 234 g/mol. The van der Waals surface area contributed by atoms with Crippen molar-refractivity contribution in [3.05, 3.63) is 35.4 Å². The van der Waals surface area contributed by atoms with Crippen LogP contribution in [0.2, 0.25) is 0 Å². The maximum atomic E-state index is 11.5. The number of hydrogen-bond acceptors (Lipinski definition) is 3. The highest BCUT2D eigenvalue weighted by Crippen LogP contribution is 2.22. The summed E-state index contributed by atoms with van der Waals surface area (Å²) in [6.45, 7) is 2.12. The molecule has 0 aromatic heterocycles. The Kier molecular flexibility index (Phi) is 3.76. The molecule has 1 aromatic carbocycles. The molecule has 2 rings (SSSR count). The normalized spacial score (nSPS) is 19.9. The van der Waals surface area contributed by atoms with Crippen LogP contribution >= 0.6 is 0 Å². The number of ether oxygens (including phenoxy) is 1. The van der Waals surface area contributed by atoms with Gasteiger partial charge in [0.1, 0.15) is 0 Å². The first-order valence-electron chi connectivity index (χ1n) is 5.81. The minimum absolute atomic E-state index is 0.208. The van der Waals surface area contributed by atoms with Crippen LogP contribution in [0.5, 0.6) is 0 Å². The minimum Gasteiger partial charge on any atom is -0.383 e. The van der Waals surface area contributed by atoms with Crippen LogP contribution in [0, 0.1) is 0 Å². The van der Waals surface area contributed by atoms with Crippen molar-refractivity contribution in [1.29, 1.82) is 0 Å². The Morgan fingerprint density at radius 1 is 1.47 bits per heavy atom. The SMILES string of the molecule is COCCN1Cc2ccccc2CC1C(N)=O. The number of hydrogen-bond donors (Lipinski definition) is 1. The third-order valence-electron chi connectivity index (χ3n) is 3.26. The molecule has 1 unspecified atom stereocenters. The van der Waals surface area contributed by atoms with Crippen LogP contribution in [0.25, 0.3) is 0 Å². The number of benzene rings is 1. The van der Waals surface area contributed by atoms with Crippen molar-refractivity contribution >= 4 is 5.91 Å². The molecule has 1 amide bonds. The number of fused-ring (bicyclic) bond motifs is 1. The van der Waals surface area contributed by atoms with E-state index in [1.165, 1.54) is 11.1 Å².